The minimum Gasteiger partial charge on any atom is -0.456 e. The number of para-hydroxylation sites is 2. The molecular formula is C44H29NO. The smallest absolute Gasteiger partial charge is 0.136 e. The fourth-order valence-corrected chi connectivity index (χ4v) is 6.80. The van der Waals surface area contributed by atoms with Gasteiger partial charge in [-0.3, -0.25) is 0 Å². The van der Waals surface area contributed by atoms with Gasteiger partial charge >= 0.3 is 0 Å². The fraction of sp³-hybridized carbons (Fsp3) is 0. The lowest BCUT2D eigenvalue weighted by Gasteiger charge is -2.26. The van der Waals surface area contributed by atoms with E-state index in [4.69, 9.17) is 4.42 Å². The zero-order valence-electron chi connectivity index (χ0n) is 25.1. The first-order valence-corrected chi connectivity index (χ1v) is 15.7. The van der Waals surface area contributed by atoms with Crippen LogP contribution in [0.2, 0.25) is 0 Å². The van der Waals surface area contributed by atoms with Crippen molar-refractivity contribution in [3.8, 4) is 22.3 Å². The van der Waals surface area contributed by atoms with Crippen molar-refractivity contribution in [3.63, 3.8) is 0 Å². The number of hydrogen-bond donors (Lipinski definition) is 0. The van der Waals surface area contributed by atoms with Gasteiger partial charge in [-0.05, 0) is 93.0 Å². The van der Waals surface area contributed by atoms with E-state index in [9.17, 15) is 0 Å². The van der Waals surface area contributed by atoms with E-state index in [1.165, 1.54) is 49.2 Å². The molecule has 0 aliphatic carbocycles. The Bertz CT molecular complexity index is 2490. The molecule has 0 unspecified atom stereocenters. The normalized spacial score (nSPS) is 11.5. The van der Waals surface area contributed by atoms with Crippen LogP contribution in [0, 0.1) is 0 Å². The summed E-state index contributed by atoms with van der Waals surface area (Å²) >= 11 is 0. The molecule has 0 aliphatic heterocycles. The second-order valence-corrected chi connectivity index (χ2v) is 11.8. The van der Waals surface area contributed by atoms with E-state index in [2.05, 4.69) is 175 Å². The molecule has 0 saturated carbocycles. The molecule has 0 N–H and O–H groups in total. The van der Waals surface area contributed by atoms with E-state index in [0.29, 0.717) is 0 Å². The van der Waals surface area contributed by atoms with Crippen LogP contribution in [0.15, 0.2) is 180 Å². The highest BCUT2D eigenvalue weighted by Gasteiger charge is 2.15. The van der Waals surface area contributed by atoms with Crippen molar-refractivity contribution < 1.29 is 4.42 Å². The summed E-state index contributed by atoms with van der Waals surface area (Å²) in [4.78, 5) is 2.31. The summed E-state index contributed by atoms with van der Waals surface area (Å²) in [5, 5.41) is 7.26. The zero-order chi connectivity index (χ0) is 30.5. The van der Waals surface area contributed by atoms with E-state index >= 15 is 0 Å². The SMILES string of the molecule is c1ccc(-c2ccc(N(c3ccccc3)c3ccc(-c4ccc5ccc6ccc7oc8ccccc8c7c6c5c4)cc3)cc2)cc1. The van der Waals surface area contributed by atoms with Gasteiger partial charge in [-0.15, -0.1) is 0 Å². The first kappa shape index (κ1) is 26.3. The Labute approximate surface area is 267 Å². The molecule has 2 heteroatoms. The lowest BCUT2D eigenvalue weighted by atomic mass is 9.94. The Morgan fingerprint density at radius 2 is 0.848 bits per heavy atom. The van der Waals surface area contributed by atoms with Crippen LogP contribution in [-0.2, 0) is 0 Å². The van der Waals surface area contributed by atoms with Gasteiger partial charge in [0.2, 0.25) is 0 Å². The van der Waals surface area contributed by atoms with Crippen molar-refractivity contribution in [1.82, 2.24) is 0 Å². The van der Waals surface area contributed by atoms with Crippen molar-refractivity contribution in [2.24, 2.45) is 0 Å². The van der Waals surface area contributed by atoms with E-state index in [0.717, 1.165) is 33.6 Å². The van der Waals surface area contributed by atoms with E-state index in [1.54, 1.807) is 0 Å². The third-order valence-electron chi connectivity index (χ3n) is 9.05. The maximum absolute atomic E-state index is 6.26. The van der Waals surface area contributed by atoms with E-state index in [-0.39, 0.29) is 0 Å². The van der Waals surface area contributed by atoms with Gasteiger partial charge in [0.05, 0.1) is 0 Å². The van der Waals surface area contributed by atoms with Crippen LogP contribution >= 0.6 is 0 Å². The third-order valence-corrected chi connectivity index (χ3v) is 9.05. The average molecular weight is 588 g/mol. The molecule has 0 amide bonds. The first-order valence-electron chi connectivity index (χ1n) is 15.7. The molecule has 1 heterocycles. The molecule has 0 spiro atoms. The summed E-state index contributed by atoms with van der Waals surface area (Å²) in [5.74, 6) is 0. The van der Waals surface area contributed by atoms with E-state index in [1.807, 2.05) is 6.07 Å². The number of benzene rings is 8. The van der Waals surface area contributed by atoms with Gasteiger partial charge in [0, 0.05) is 33.2 Å². The molecule has 0 fully saturated rings. The average Bonchev–Trinajstić information content (AvgIpc) is 3.52. The van der Waals surface area contributed by atoms with Crippen molar-refractivity contribution in [2.75, 3.05) is 4.90 Å². The molecule has 1 aromatic heterocycles. The van der Waals surface area contributed by atoms with Crippen LogP contribution in [-0.4, -0.2) is 0 Å². The van der Waals surface area contributed by atoms with Crippen LogP contribution in [0.25, 0.3) is 65.7 Å². The highest BCUT2D eigenvalue weighted by molar-refractivity contribution is 6.26. The monoisotopic (exact) mass is 587 g/mol. The Morgan fingerprint density at radius 1 is 0.326 bits per heavy atom. The van der Waals surface area contributed by atoms with Gasteiger partial charge in [-0.2, -0.15) is 0 Å². The highest BCUT2D eigenvalue weighted by atomic mass is 16.3. The summed E-state index contributed by atoms with van der Waals surface area (Å²) in [6.07, 6.45) is 0. The van der Waals surface area contributed by atoms with Crippen molar-refractivity contribution in [2.45, 2.75) is 0 Å². The van der Waals surface area contributed by atoms with Crippen LogP contribution in [0.3, 0.4) is 0 Å². The summed E-state index contributed by atoms with van der Waals surface area (Å²) in [6.45, 7) is 0. The highest BCUT2D eigenvalue weighted by Crippen LogP contribution is 2.40. The van der Waals surface area contributed by atoms with Crippen molar-refractivity contribution in [3.05, 3.63) is 176 Å². The maximum atomic E-state index is 6.26. The second-order valence-electron chi connectivity index (χ2n) is 11.8. The maximum Gasteiger partial charge on any atom is 0.136 e. The van der Waals surface area contributed by atoms with Gasteiger partial charge in [-0.1, -0.05) is 121 Å². The predicted molar refractivity (Wildman–Crippen MR) is 194 cm³/mol. The first-order chi connectivity index (χ1) is 22.8. The lowest BCUT2D eigenvalue weighted by molar-refractivity contribution is 0.669. The summed E-state index contributed by atoms with van der Waals surface area (Å²) in [5.41, 5.74) is 9.99. The number of fused-ring (bicyclic) bond motifs is 7. The summed E-state index contributed by atoms with van der Waals surface area (Å²) in [6, 6.07) is 62.7. The Balaban J connectivity index is 1.14. The number of furan rings is 1. The van der Waals surface area contributed by atoms with Gasteiger partial charge in [-0.25, -0.2) is 0 Å². The fourth-order valence-electron chi connectivity index (χ4n) is 6.80. The third kappa shape index (κ3) is 4.43. The van der Waals surface area contributed by atoms with Crippen molar-refractivity contribution in [1.29, 1.82) is 0 Å². The molecule has 0 saturated heterocycles. The quantitative estimate of drug-likeness (QED) is 0.186. The van der Waals surface area contributed by atoms with Crippen LogP contribution in [0.4, 0.5) is 17.1 Å². The summed E-state index contributed by atoms with van der Waals surface area (Å²) in [7, 11) is 0. The van der Waals surface area contributed by atoms with Crippen LogP contribution < -0.4 is 4.90 Å². The molecule has 46 heavy (non-hydrogen) atoms. The lowest BCUT2D eigenvalue weighted by Crippen LogP contribution is -2.09. The number of rotatable bonds is 5. The number of anilines is 3. The molecule has 8 aromatic carbocycles. The molecule has 216 valence electrons. The molecule has 0 atom stereocenters. The molecule has 0 radical (unpaired) electrons. The Morgan fingerprint density at radius 3 is 1.59 bits per heavy atom. The molecular weight excluding hydrogens is 558 g/mol. The molecule has 9 rings (SSSR count). The van der Waals surface area contributed by atoms with Gasteiger partial charge in [0.1, 0.15) is 11.2 Å². The topological polar surface area (TPSA) is 16.4 Å². The zero-order valence-corrected chi connectivity index (χ0v) is 25.1. The number of hydrogen-bond acceptors (Lipinski definition) is 2. The minimum absolute atomic E-state index is 0.923. The molecule has 0 bridgehead atoms. The molecule has 2 nitrogen and oxygen atoms in total. The number of nitrogens with zero attached hydrogens (tertiary/aromatic N) is 1. The minimum atomic E-state index is 0.923. The van der Waals surface area contributed by atoms with Gasteiger partial charge in [0.15, 0.2) is 0 Å². The Kier molecular flexibility index (Phi) is 6.17. The van der Waals surface area contributed by atoms with Gasteiger partial charge in [0.25, 0.3) is 0 Å². The van der Waals surface area contributed by atoms with Crippen LogP contribution in [0.5, 0.6) is 0 Å². The summed E-state index contributed by atoms with van der Waals surface area (Å²) < 4.78 is 6.26. The molecule has 9 aromatic rings. The molecule has 0 aliphatic rings. The van der Waals surface area contributed by atoms with Crippen LogP contribution in [0.1, 0.15) is 0 Å². The largest absolute Gasteiger partial charge is 0.456 e. The standard InChI is InChI=1S/C44H29NO/c1-3-9-30(10-4-1)31-19-24-37(25-20-31)45(36-11-5-2-6-12-36)38-26-21-32(22-27-38)35-18-16-33-15-17-34-23-28-42-44(43(34)40(33)29-35)39-13-7-8-14-41(39)46-42/h1-29H. The van der Waals surface area contributed by atoms with E-state index < -0.39 is 0 Å². The second kappa shape index (κ2) is 10.8. The van der Waals surface area contributed by atoms with Crippen molar-refractivity contribution >= 4 is 60.5 Å². The predicted octanol–water partition coefficient (Wildman–Crippen LogP) is 12.7. The Hall–Kier alpha value is -6.12. The van der Waals surface area contributed by atoms with Gasteiger partial charge < -0.3 is 9.32 Å².